The normalized spacial score (nSPS) is 18.7. The van der Waals surface area contributed by atoms with Gasteiger partial charge in [-0.1, -0.05) is 13.3 Å². The molecule has 0 radical (unpaired) electrons. The number of hydrogen-bond donors (Lipinski definition) is 2. The maximum Gasteiger partial charge on any atom is 0.317 e. The number of nitrogens with one attached hydrogen (secondary N) is 1. The first-order chi connectivity index (χ1) is 9.00. The zero-order valence-corrected chi connectivity index (χ0v) is 12.5. The summed E-state index contributed by atoms with van der Waals surface area (Å²) < 4.78 is 0. The van der Waals surface area contributed by atoms with Crippen LogP contribution in [0.2, 0.25) is 0 Å². The van der Waals surface area contributed by atoms with Crippen molar-refractivity contribution >= 4 is 23.8 Å². The minimum atomic E-state index is -0.748. The molecular weight excluding hydrogens is 264 g/mol. The summed E-state index contributed by atoms with van der Waals surface area (Å²) in [5.41, 5.74) is 0. The zero-order valence-electron chi connectivity index (χ0n) is 11.7. The van der Waals surface area contributed by atoms with Gasteiger partial charge in [-0.15, -0.1) is 0 Å². The van der Waals surface area contributed by atoms with Gasteiger partial charge in [-0.2, -0.15) is 11.8 Å². The van der Waals surface area contributed by atoms with Crippen molar-refractivity contribution < 1.29 is 14.7 Å². The number of hydrogen-bond acceptors (Lipinski definition) is 3. The second-order valence-corrected chi connectivity index (χ2v) is 6.34. The molecule has 2 unspecified atom stereocenters. The number of carboxylic acids is 1. The minimum absolute atomic E-state index is 0.0130. The smallest absolute Gasteiger partial charge is 0.317 e. The van der Waals surface area contributed by atoms with E-state index in [0.29, 0.717) is 6.42 Å². The Hall–Kier alpha value is -0.910. The van der Waals surface area contributed by atoms with Crippen LogP contribution >= 0.6 is 11.8 Å². The largest absolute Gasteiger partial charge is 0.481 e. The molecule has 0 aliphatic carbocycles. The Morgan fingerprint density at radius 2 is 1.89 bits per heavy atom. The SMILES string of the molecule is CC(CCCC(C)C(=O)O)NC(=O)N1CCSCC1. The molecule has 2 amide bonds. The van der Waals surface area contributed by atoms with E-state index in [1.165, 1.54) is 0 Å². The first-order valence-corrected chi connectivity index (χ1v) is 8.02. The van der Waals surface area contributed by atoms with Crippen molar-refractivity contribution in [2.45, 2.75) is 39.2 Å². The van der Waals surface area contributed by atoms with Crippen LogP contribution in [-0.4, -0.2) is 52.6 Å². The molecule has 0 bridgehead atoms. The maximum absolute atomic E-state index is 11.9. The molecule has 1 heterocycles. The van der Waals surface area contributed by atoms with Crippen molar-refractivity contribution in [1.29, 1.82) is 0 Å². The fourth-order valence-corrected chi connectivity index (χ4v) is 2.90. The zero-order chi connectivity index (χ0) is 14.3. The summed E-state index contributed by atoms with van der Waals surface area (Å²) in [6.07, 6.45) is 2.31. The van der Waals surface area contributed by atoms with Gasteiger partial charge in [0.05, 0.1) is 5.92 Å². The van der Waals surface area contributed by atoms with Crippen LogP contribution in [-0.2, 0) is 4.79 Å². The van der Waals surface area contributed by atoms with Crippen LogP contribution < -0.4 is 5.32 Å². The number of amides is 2. The Labute approximate surface area is 119 Å². The Bertz CT molecular complexity index is 306. The van der Waals surface area contributed by atoms with Crippen molar-refractivity contribution in [3.63, 3.8) is 0 Å². The summed E-state index contributed by atoms with van der Waals surface area (Å²) in [5, 5.41) is 11.8. The van der Waals surface area contributed by atoms with E-state index < -0.39 is 5.97 Å². The van der Waals surface area contributed by atoms with Crippen LogP contribution in [0.4, 0.5) is 4.79 Å². The average Bonchev–Trinajstić information content (AvgIpc) is 2.39. The number of nitrogens with zero attached hydrogens (tertiary/aromatic N) is 1. The molecule has 1 saturated heterocycles. The van der Waals surface area contributed by atoms with Crippen molar-refractivity contribution in [3.8, 4) is 0 Å². The summed E-state index contributed by atoms with van der Waals surface area (Å²) >= 11 is 1.88. The molecule has 2 atom stereocenters. The van der Waals surface area contributed by atoms with Crippen molar-refractivity contribution in [2.24, 2.45) is 5.92 Å². The fraction of sp³-hybridized carbons (Fsp3) is 0.846. The summed E-state index contributed by atoms with van der Waals surface area (Å²) in [6.45, 7) is 5.33. The van der Waals surface area contributed by atoms with E-state index >= 15 is 0 Å². The number of carbonyl (C=O) groups excluding carboxylic acids is 1. The van der Waals surface area contributed by atoms with E-state index in [4.69, 9.17) is 5.11 Å². The van der Waals surface area contributed by atoms with Gasteiger partial charge in [-0.25, -0.2) is 4.79 Å². The summed E-state index contributed by atoms with van der Waals surface area (Å²) in [6, 6.07) is 0.113. The monoisotopic (exact) mass is 288 g/mol. The van der Waals surface area contributed by atoms with Crippen LogP contribution in [0.5, 0.6) is 0 Å². The molecule has 110 valence electrons. The number of thioether (sulfide) groups is 1. The van der Waals surface area contributed by atoms with Gasteiger partial charge in [0.2, 0.25) is 0 Å². The highest BCUT2D eigenvalue weighted by atomic mass is 32.2. The lowest BCUT2D eigenvalue weighted by atomic mass is 10.0. The van der Waals surface area contributed by atoms with Crippen LogP contribution in [0.1, 0.15) is 33.1 Å². The number of aliphatic carboxylic acids is 1. The molecule has 0 aromatic heterocycles. The minimum Gasteiger partial charge on any atom is -0.481 e. The average molecular weight is 288 g/mol. The van der Waals surface area contributed by atoms with E-state index in [1.54, 1.807) is 6.92 Å². The van der Waals surface area contributed by atoms with Gasteiger partial charge in [0.25, 0.3) is 0 Å². The van der Waals surface area contributed by atoms with E-state index in [-0.39, 0.29) is 18.0 Å². The van der Waals surface area contributed by atoms with E-state index in [1.807, 2.05) is 23.6 Å². The first-order valence-electron chi connectivity index (χ1n) is 6.86. The van der Waals surface area contributed by atoms with Crippen molar-refractivity contribution in [3.05, 3.63) is 0 Å². The lowest BCUT2D eigenvalue weighted by Gasteiger charge is -2.28. The third-order valence-corrected chi connectivity index (χ3v) is 4.31. The van der Waals surface area contributed by atoms with Crippen LogP contribution in [0.3, 0.4) is 0 Å². The highest BCUT2D eigenvalue weighted by molar-refractivity contribution is 7.99. The molecule has 0 saturated carbocycles. The predicted molar refractivity (Wildman–Crippen MR) is 77.5 cm³/mol. The maximum atomic E-state index is 11.9. The standard InChI is InChI=1S/C13H24N2O3S/c1-10(12(16)17)4-3-5-11(2)14-13(18)15-6-8-19-9-7-15/h10-11H,3-9H2,1-2H3,(H,14,18)(H,16,17). The second-order valence-electron chi connectivity index (χ2n) is 5.12. The molecule has 19 heavy (non-hydrogen) atoms. The van der Waals surface area contributed by atoms with E-state index in [0.717, 1.165) is 37.4 Å². The van der Waals surface area contributed by atoms with Gasteiger partial charge < -0.3 is 15.3 Å². The number of carbonyl (C=O) groups is 2. The molecule has 1 aliphatic rings. The van der Waals surface area contributed by atoms with Gasteiger partial charge in [0.15, 0.2) is 0 Å². The summed E-state index contributed by atoms with van der Waals surface area (Å²) in [4.78, 5) is 24.5. The third kappa shape index (κ3) is 6.18. The number of carboxylic acid groups (broad SMARTS) is 1. The topological polar surface area (TPSA) is 69.6 Å². The Balaban J connectivity index is 2.17. The van der Waals surface area contributed by atoms with Gasteiger partial charge in [-0.3, -0.25) is 4.79 Å². The van der Waals surface area contributed by atoms with Gasteiger partial charge in [0, 0.05) is 30.6 Å². The molecule has 6 heteroatoms. The van der Waals surface area contributed by atoms with Crippen LogP contribution in [0.25, 0.3) is 0 Å². The Morgan fingerprint density at radius 3 is 2.47 bits per heavy atom. The van der Waals surface area contributed by atoms with Gasteiger partial charge in [0.1, 0.15) is 0 Å². The van der Waals surface area contributed by atoms with Gasteiger partial charge >= 0.3 is 12.0 Å². The quantitative estimate of drug-likeness (QED) is 0.784. The molecular formula is C13H24N2O3S. The Morgan fingerprint density at radius 1 is 1.26 bits per heavy atom. The third-order valence-electron chi connectivity index (χ3n) is 3.36. The number of rotatable bonds is 6. The molecule has 0 aromatic rings. The Kier molecular flexibility index (Phi) is 7.05. The number of urea groups is 1. The van der Waals surface area contributed by atoms with Gasteiger partial charge in [-0.05, 0) is 19.8 Å². The lowest BCUT2D eigenvalue weighted by molar-refractivity contribution is -0.141. The van der Waals surface area contributed by atoms with Crippen LogP contribution in [0, 0.1) is 5.92 Å². The molecule has 1 aliphatic heterocycles. The highest BCUT2D eigenvalue weighted by Gasteiger charge is 2.18. The second kappa shape index (κ2) is 8.30. The van der Waals surface area contributed by atoms with Crippen molar-refractivity contribution in [2.75, 3.05) is 24.6 Å². The van der Waals surface area contributed by atoms with E-state index in [9.17, 15) is 9.59 Å². The fourth-order valence-electron chi connectivity index (χ4n) is 1.99. The van der Waals surface area contributed by atoms with Crippen molar-refractivity contribution in [1.82, 2.24) is 10.2 Å². The molecule has 1 rings (SSSR count). The summed E-state index contributed by atoms with van der Waals surface area (Å²) in [5.74, 6) is 0.972. The summed E-state index contributed by atoms with van der Waals surface area (Å²) in [7, 11) is 0. The molecule has 5 nitrogen and oxygen atoms in total. The molecule has 2 N–H and O–H groups in total. The molecule has 0 aromatic carbocycles. The lowest BCUT2D eigenvalue weighted by Crippen LogP contribution is -2.47. The van der Waals surface area contributed by atoms with E-state index in [2.05, 4.69) is 5.32 Å². The predicted octanol–water partition coefficient (Wildman–Crippen LogP) is 2.02. The molecule has 0 spiro atoms. The highest BCUT2D eigenvalue weighted by Crippen LogP contribution is 2.11. The molecule has 1 fully saturated rings. The van der Waals surface area contributed by atoms with Crippen LogP contribution in [0.15, 0.2) is 0 Å². The first kappa shape index (κ1) is 16.1.